The molecule has 1 aromatic heterocycles. The van der Waals surface area contributed by atoms with Crippen LogP contribution in [0, 0.1) is 0 Å². The summed E-state index contributed by atoms with van der Waals surface area (Å²) in [5.41, 5.74) is 2.63. The zero-order chi connectivity index (χ0) is 24.2. The minimum absolute atomic E-state index is 0.0614. The highest BCUT2D eigenvalue weighted by Crippen LogP contribution is 2.44. The van der Waals surface area contributed by atoms with Gasteiger partial charge in [-0.1, -0.05) is 30.2 Å². The van der Waals surface area contributed by atoms with Gasteiger partial charge < -0.3 is 14.4 Å². The molecule has 184 valence electrons. The summed E-state index contributed by atoms with van der Waals surface area (Å²) in [6.45, 7) is 4.08. The summed E-state index contributed by atoms with van der Waals surface area (Å²) in [4.78, 5) is 21.2. The van der Waals surface area contributed by atoms with Crippen LogP contribution in [-0.4, -0.2) is 47.8 Å². The smallest absolute Gasteiger partial charge is 0.271 e. The first-order chi connectivity index (χ1) is 17.1. The van der Waals surface area contributed by atoms with E-state index in [1.807, 2.05) is 42.5 Å². The van der Waals surface area contributed by atoms with Gasteiger partial charge in [0.05, 0.1) is 30.0 Å². The Balaban J connectivity index is 1.27. The minimum atomic E-state index is -0.0614. The van der Waals surface area contributed by atoms with Gasteiger partial charge in [-0.15, -0.1) is 11.8 Å². The molecule has 1 unspecified atom stereocenters. The molecule has 1 fully saturated rings. The summed E-state index contributed by atoms with van der Waals surface area (Å²) in [6.07, 6.45) is 7.26. The van der Waals surface area contributed by atoms with Crippen LogP contribution in [0.4, 0.5) is 0 Å². The number of rotatable bonds is 8. The zero-order valence-electron chi connectivity index (χ0n) is 19.9. The molecule has 1 atom stereocenters. The van der Waals surface area contributed by atoms with Gasteiger partial charge >= 0.3 is 0 Å². The highest BCUT2D eigenvalue weighted by Gasteiger charge is 2.28. The molecule has 0 N–H and O–H groups in total. The van der Waals surface area contributed by atoms with Crippen molar-refractivity contribution in [3.63, 3.8) is 0 Å². The van der Waals surface area contributed by atoms with Gasteiger partial charge in [0.2, 0.25) is 0 Å². The Hall–Kier alpha value is -2.48. The molecular weight excluding hydrogens is 482 g/mol. The first-order valence-corrected chi connectivity index (χ1v) is 13.4. The number of ether oxygens (including phenoxy) is 2. The lowest BCUT2D eigenvalue weighted by Gasteiger charge is -2.26. The van der Waals surface area contributed by atoms with Crippen LogP contribution < -0.4 is 15.0 Å². The maximum absolute atomic E-state index is 13.3. The van der Waals surface area contributed by atoms with E-state index in [9.17, 15) is 4.79 Å². The monoisotopic (exact) mass is 511 g/mol. The van der Waals surface area contributed by atoms with Crippen molar-refractivity contribution in [2.45, 2.75) is 42.2 Å². The molecule has 0 spiro atoms. The third-order valence-electron chi connectivity index (χ3n) is 6.64. The van der Waals surface area contributed by atoms with Crippen LogP contribution in [0.5, 0.6) is 11.5 Å². The van der Waals surface area contributed by atoms with Crippen LogP contribution in [0.2, 0.25) is 5.02 Å². The summed E-state index contributed by atoms with van der Waals surface area (Å²) >= 11 is 7.60. The summed E-state index contributed by atoms with van der Waals surface area (Å²) in [5.74, 6) is 1.30. The Morgan fingerprint density at radius 2 is 1.89 bits per heavy atom. The van der Waals surface area contributed by atoms with E-state index in [2.05, 4.69) is 9.88 Å². The molecule has 2 aliphatic rings. The maximum Gasteiger partial charge on any atom is 0.271 e. The summed E-state index contributed by atoms with van der Waals surface area (Å²) < 4.78 is 13.2. The Morgan fingerprint density at radius 1 is 1.09 bits per heavy atom. The highest BCUT2D eigenvalue weighted by molar-refractivity contribution is 7.99. The van der Waals surface area contributed by atoms with Gasteiger partial charge in [-0.3, -0.25) is 9.36 Å². The van der Waals surface area contributed by atoms with E-state index < -0.39 is 0 Å². The first-order valence-electron chi connectivity index (χ1n) is 12.2. The molecule has 3 aromatic rings. The van der Waals surface area contributed by atoms with E-state index in [-0.39, 0.29) is 10.8 Å². The molecule has 6 nitrogen and oxygen atoms in total. The highest BCUT2D eigenvalue weighted by atomic mass is 35.5. The number of piperidine rings is 1. The second kappa shape index (κ2) is 11.1. The molecule has 0 aliphatic carbocycles. The molecule has 1 saturated heterocycles. The molecule has 0 radical (unpaired) electrons. The molecule has 8 heteroatoms. The third-order valence-corrected chi connectivity index (χ3v) is 8.26. The Morgan fingerprint density at radius 3 is 2.66 bits per heavy atom. The summed E-state index contributed by atoms with van der Waals surface area (Å²) in [6, 6.07) is 13.4. The van der Waals surface area contributed by atoms with Crippen LogP contribution in [0.3, 0.4) is 0 Å². The second-order valence-electron chi connectivity index (χ2n) is 9.00. The fourth-order valence-electron chi connectivity index (χ4n) is 4.72. The fraction of sp³-hybridized carbons (Fsp3) is 0.407. The van der Waals surface area contributed by atoms with Gasteiger partial charge in [0.1, 0.15) is 6.33 Å². The molecule has 0 bridgehead atoms. The molecule has 35 heavy (non-hydrogen) atoms. The number of hydrogen-bond acceptors (Lipinski definition) is 6. The Kier molecular flexibility index (Phi) is 7.66. The number of hydrogen-bond donors (Lipinski definition) is 0. The second-order valence-corrected chi connectivity index (χ2v) is 10.6. The predicted molar refractivity (Wildman–Crippen MR) is 141 cm³/mol. The Labute approximate surface area is 215 Å². The molecule has 2 aliphatic heterocycles. The lowest BCUT2D eigenvalue weighted by Crippen LogP contribution is -2.31. The average Bonchev–Trinajstić information content (AvgIpc) is 3.33. The fourth-order valence-corrected chi connectivity index (χ4v) is 6.14. The number of nitrogens with zero attached hydrogens (tertiary/aromatic N) is 3. The van der Waals surface area contributed by atoms with Crippen molar-refractivity contribution >= 4 is 23.4 Å². The van der Waals surface area contributed by atoms with Gasteiger partial charge in [0.25, 0.3) is 5.56 Å². The minimum Gasteiger partial charge on any atom is -0.493 e. The van der Waals surface area contributed by atoms with Crippen LogP contribution in [0.15, 0.2) is 58.5 Å². The molecule has 2 aromatic carbocycles. The molecule has 5 rings (SSSR count). The average molecular weight is 512 g/mol. The van der Waals surface area contributed by atoms with Crippen LogP contribution in [-0.2, 0) is 6.42 Å². The van der Waals surface area contributed by atoms with Crippen molar-refractivity contribution in [3.05, 3.63) is 75.4 Å². The van der Waals surface area contributed by atoms with Crippen molar-refractivity contribution < 1.29 is 9.47 Å². The normalized spacial score (nSPS) is 17.8. The summed E-state index contributed by atoms with van der Waals surface area (Å²) in [7, 11) is 1.62. The van der Waals surface area contributed by atoms with E-state index in [1.54, 1.807) is 29.8 Å². The lowest BCUT2D eigenvalue weighted by molar-refractivity contribution is 0.203. The predicted octanol–water partition coefficient (Wildman–Crippen LogP) is 5.54. The van der Waals surface area contributed by atoms with Crippen LogP contribution in [0.1, 0.15) is 42.2 Å². The molecular formula is C27H30ClN3O3S. The van der Waals surface area contributed by atoms with E-state index in [4.69, 9.17) is 21.1 Å². The van der Waals surface area contributed by atoms with Gasteiger partial charge in [0, 0.05) is 29.3 Å². The lowest BCUT2D eigenvalue weighted by atomic mass is 10.1. The quantitative estimate of drug-likeness (QED) is 0.370. The van der Waals surface area contributed by atoms with Crippen molar-refractivity contribution in [2.24, 2.45) is 0 Å². The number of thioether (sulfide) groups is 1. The first kappa shape index (κ1) is 24.2. The van der Waals surface area contributed by atoms with Gasteiger partial charge in [-0.2, -0.15) is 0 Å². The maximum atomic E-state index is 13.3. The van der Waals surface area contributed by atoms with E-state index in [0.717, 1.165) is 30.6 Å². The molecule has 0 amide bonds. The van der Waals surface area contributed by atoms with Gasteiger partial charge in [0.15, 0.2) is 11.5 Å². The zero-order valence-corrected chi connectivity index (χ0v) is 21.5. The van der Waals surface area contributed by atoms with Crippen LogP contribution >= 0.6 is 23.4 Å². The van der Waals surface area contributed by atoms with E-state index in [1.165, 1.54) is 32.4 Å². The number of halogens is 1. The van der Waals surface area contributed by atoms with Gasteiger partial charge in [-0.05, 0) is 62.2 Å². The number of fused-ring (bicyclic) bond motifs is 1. The van der Waals surface area contributed by atoms with Crippen molar-refractivity contribution in [1.29, 1.82) is 0 Å². The molecule has 0 saturated carbocycles. The van der Waals surface area contributed by atoms with Crippen LogP contribution in [0.25, 0.3) is 5.69 Å². The number of aromatic nitrogens is 2. The SMILES string of the molecule is COc1cc(-n2cnc3c(c2=O)SC(c2ccc(Cl)cc2)C3)ccc1OCCCN1CCCCC1. The topological polar surface area (TPSA) is 56.6 Å². The van der Waals surface area contributed by atoms with Crippen molar-refractivity contribution in [1.82, 2.24) is 14.5 Å². The van der Waals surface area contributed by atoms with E-state index >= 15 is 0 Å². The number of methoxy groups -OCH3 is 1. The third kappa shape index (κ3) is 5.52. The van der Waals surface area contributed by atoms with E-state index in [0.29, 0.717) is 33.7 Å². The van der Waals surface area contributed by atoms with Gasteiger partial charge in [-0.25, -0.2) is 4.98 Å². The number of benzene rings is 2. The standard InChI is InChI=1S/C27H30ClN3O3S/c1-33-24-16-21(10-11-23(24)34-15-5-14-30-12-3-2-4-13-30)31-18-29-22-17-25(35-26(22)27(31)32)19-6-8-20(28)9-7-19/h6-11,16,18,25H,2-5,12-15,17H2,1H3. The van der Waals surface area contributed by atoms with Crippen molar-refractivity contribution in [2.75, 3.05) is 33.4 Å². The summed E-state index contributed by atoms with van der Waals surface area (Å²) in [5, 5.41) is 0.867. The largest absolute Gasteiger partial charge is 0.493 e. The Bertz CT molecular complexity index is 1230. The van der Waals surface area contributed by atoms with Crippen molar-refractivity contribution in [3.8, 4) is 17.2 Å². The molecule has 3 heterocycles. The number of likely N-dealkylation sites (tertiary alicyclic amines) is 1.